The highest BCUT2D eigenvalue weighted by atomic mass is 16.2. The van der Waals surface area contributed by atoms with Crippen molar-refractivity contribution in [2.45, 2.75) is 40.0 Å². The summed E-state index contributed by atoms with van der Waals surface area (Å²) in [5, 5.41) is 2.94. The van der Waals surface area contributed by atoms with Gasteiger partial charge < -0.3 is 5.32 Å². The Kier molecular flexibility index (Phi) is 4.99. The van der Waals surface area contributed by atoms with Crippen LogP contribution in [0.5, 0.6) is 0 Å². The predicted octanol–water partition coefficient (Wildman–Crippen LogP) is 4.48. The van der Waals surface area contributed by atoms with E-state index in [2.05, 4.69) is 12.2 Å². The average Bonchev–Trinajstić information content (AvgIpc) is 2.95. The van der Waals surface area contributed by atoms with Crippen LogP contribution in [0.15, 0.2) is 42.5 Å². The van der Waals surface area contributed by atoms with Crippen LogP contribution in [0.1, 0.15) is 47.7 Å². The topological polar surface area (TPSA) is 66.5 Å². The maximum absolute atomic E-state index is 13.0. The standard InChI is InChI=1S/C24H26N2O3/c1-14-10-11-19-20(12-14)24(29)26(23(19)28)18-8-5-7-17(13-18)22(27)25-21-9-4-6-15(2)16(21)3/h4-9,13-14,19-20H,10-12H2,1-3H3,(H,25,27)/t14-,19-,20-/m0/s1. The van der Waals surface area contributed by atoms with E-state index in [4.69, 9.17) is 0 Å². The third kappa shape index (κ3) is 3.46. The van der Waals surface area contributed by atoms with Gasteiger partial charge in [-0.05, 0) is 74.4 Å². The molecule has 5 heteroatoms. The van der Waals surface area contributed by atoms with Crippen LogP contribution in [-0.4, -0.2) is 17.7 Å². The zero-order valence-corrected chi connectivity index (χ0v) is 17.1. The molecule has 5 nitrogen and oxygen atoms in total. The molecule has 2 aromatic carbocycles. The monoisotopic (exact) mass is 390 g/mol. The van der Waals surface area contributed by atoms with Gasteiger partial charge in [0.25, 0.3) is 5.91 Å². The minimum absolute atomic E-state index is 0.126. The van der Waals surface area contributed by atoms with E-state index in [-0.39, 0.29) is 29.6 Å². The van der Waals surface area contributed by atoms with Crippen molar-refractivity contribution in [3.05, 3.63) is 59.2 Å². The Labute approximate surface area is 171 Å². The van der Waals surface area contributed by atoms with E-state index in [9.17, 15) is 14.4 Å². The zero-order chi connectivity index (χ0) is 20.7. The van der Waals surface area contributed by atoms with Crippen molar-refractivity contribution in [3.8, 4) is 0 Å². The molecule has 1 heterocycles. The lowest BCUT2D eigenvalue weighted by atomic mass is 9.76. The summed E-state index contributed by atoms with van der Waals surface area (Å²) in [6.07, 6.45) is 2.50. The molecule has 1 saturated heterocycles. The fraction of sp³-hybridized carbons (Fsp3) is 0.375. The van der Waals surface area contributed by atoms with Gasteiger partial charge in [-0.15, -0.1) is 0 Å². The molecular weight excluding hydrogens is 364 g/mol. The average molecular weight is 390 g/mol. The Morgan fingerprint density at radius 1 is 1.00 bits per heavy atom. The second kappa shape index (κ2) is 7.47. The third-order valence-electron chi connectivity index (χ3n) is 6.41. The molecule has 0 unspecified atom stereocenters. The van der Waals surface area contributed by atoms with Crippen molar-refractivity contribution in [1.82, 2.24) is 0 Å². The molecular formula is C24H26N2O3. The highest BCUT2D eigenvalue weighted by molar-refractivity contribution is 6.22. The van der Waals surface area contributed by atoms with Crippen molar-refractivity contribution in [3.63, 3.8) is 0 Å². The van der Waals surface area contributed by atoms with Crippen LogP contribution in [0.2, 0.25) is 0 Å². The van der Waals surface area contributed by atoms with Gasteiger partial charge in [0.2, 0.25) is 11.8 Å². The number of rotatable bonds is 3. The number of amides is 3. The lowest BCUT2D eigenvalue weighted by Crippen LogP contribution is -2.31. The van der Waals surface area contributed by atoms with E-state index in [0.29, 0.717) is 17.2 Å². The van der Waals surface area contributed by atoms with Gasteiger partial charge >= 0.3 is 0 Å². The number of carbonyl (C=O) groups excluding carboxylic acids is 3. The Morgan fingerprint density at radius 3 is 2.52 bits per heavy atom. The molecule has 1 saturated carbocycles. The molecule has 0 bridgehead atoms. The van der Waals surface area contributed by atoms with E-state index in [1.165, 1.54) is 4.90 Å². The number of hydrogen-bond acceptors (Lipinski definition) is 3. The van der Waals surface area contributed by atoms with Crippen LogP contribution >= 0.6 is 0 Å². The van der Waals surface area contributed by atoms with Gasteiger partial charge in [-0.3, -0.25) is 19.3 Å². The second-order valence-electron chi connectivity index (χ2n) is 8.40. The summed E-state index contributed by atoms with van der Waals surface area (Å²) in [4.78, 5) is 40.0. The minimum atomic E-state index is -0.259. The number of anilines is 2. The maximum atomic E-state index is 13.0. The van der Waals surface area contributed by atoms with Gasteiger partial charge in [0.15, 0.2) is 0 Å². The lowest BCUT2D eigenvalue weighted by molar-refractivity contribution is -0.122. The van der Waals surface area contributed by atoms with Crippen LogP contribution in [0, 0.1) is 31.6 Å². The molecule has 1 aliphatic heterocycles. The summed E-state index contributed by atoms with van der Waals surface area (Å²) >= 11 is 0. The molecule has 1 aliphatic carbocycles. The van der Waals surface area contributed by atoms with Gasteiger partial charge in [-0.1, -0.05) is 25.1 Å². The number of nitrogens with one attached hydrogen (secondary N) is 1. The molecule has 0 radical (unpaired) electrons. The molecule has 0 spiro atoms. The number of imide groups is 1. The molecule has 1 N–H and O–H groups in total. The van der Waals surface area contributed by atoms with E-state index in [1.807, 2.05) is 32.0 Å². The quantitative estimate of drug-likeness (QED) is 0.786. The van der Waals surface area contributed by atoms with E-state index >= 15 is 0 Å². The molecule has 2 aliphatic rings. The molecule has 0 aromatic heterocycles. The third-order valence-corrected chi connectivity index (χ3v) is 6.41. The first-order valence-electron chi connectivity index (χ1n) is 10.2. The fourth-order valence-electron chi connectivity index (χ4n) is 4.51. The molecule has 2 aromatic rings. The minimum Gasteiger partial charge on any atom is -0.322 e. The van der Waals surface area contributed by atoms with E-state index < -0.39 is 0 Å². The first-order valence-corrected chi connectivity index (χ1v) is 10.2. The zero-order valence-electron chi connectivity index (χ0n) is 17.1. The maximum Gasteiger partial charge on any atom is 0.255 e. The van der Waals surface area contributed by atoms with E-state index in [1.54, 1.807) is 24.3 Å². The number of fused-ring (bicyclic) bond motifs is 1. The number of carbonyl (C=O) groups is 3. The smallest absolute Gasteiger partial charge is 0.255 e. The van der Waals surface area contributed by atoms with Gasteiger partial charge in [0.1, 0.15) is 0 Å². The van der Waals surface area contributed by atoms with Crippen molar-refractivity contribution < 1.29 is 14.4 Å². The molecule has 29 heavy (non-hydrogen) atoms. The summed E-state index contributed by atoms with van der Waals surface area (Å²) in [5.41, 5.74) is 3.78. The summed E-state index contributed by atoms with van der Waals surface area (Å²) in [5.74, 6) is -0.490. The Hall–Kier alpha value is -2.95. The van der Waals surface area contributed by atoms with Crippen LogP contribution in [0.3, 0.4) is 0 Å². The van der Waals surface area contributed by atoms with Crippen molar-refractivity contribution in [2.24, 2.45) is 17.8 Å². The first-order chi connectivity index (χ1) is 13.9. The highest BCUT2D eigenvalue weighted by Crippen LogP contribution is 2.42. The summed E-state index contributed by atoms with van der Waals surface area (Å²) in [6.45, 7) is 6.09. The van der Waals surface area contributed by atoms with Crippen molar-refractivity contribution in [2.75, 3.05) is 10.2 Å². The normalized spacial score (nSPS) is 23.8. The van der Waals surface area contributed by atoms with Crippen LogP contribution < -0.4 is 10.2 Å². The second-order valence-corrected chi connectivity index (χ2v) is 8.40. The Morgan fingerprint density at radius 2 is 1.72 bits per heavy atom. The van der Waals surface area contributed by atoms with Gasteiger partial charge in [-0.2, -0.15) is 0 Å². The van der Waals surface area contributed by atoms with Crippen molar-refractivity contribution >= 4 is 29.1 Å². The van der Waals surface area contributed by atoms with Gasteiger partial charge in [0.05, 0.1) is 17.5 Å². The fourth-order valence-corrected chi connectivity index (χ4v) is 4.51. The number of hydrogen-bond donors (Lipinski definition) is 1. The van der Waals surface area contributed by atoms with Crippen LogP contribution in [-0.2, 0) is 9.59 Å². The molecule has 4 rings (SSSR count). The Balaban J connectivity index is 1.59. The lowest BCUT2D eigenvalue weighted by Gasteiger charge is -2.25. The summed E-state index contributed by atoms with van der Waals surface area (Å²) in [6, 6.07) is 12.5. The molecule has 3 amide bonds. The largest absolute Gasteiger partial charge is 0.322 e. The first kappa shape index (κ1) is 19.4. The van der Waals surface area contributed by atoms with Gasteiger partial charge in [-0.25, -0.2) is 0 Å². The van der Waals surface area contributed by atoms with Gasteiger partial charge in [0, 0.05) is 11.3 Å². The number of benzene rings is 2. The Bertz CT molecular complexity index is 997. The van der Waals surface area contributed by atoms with Crippen LogP contribution in [0.25, 0.3) is 0 Å². The predicted molar refractivity (Wildman–Crippen MR) is 113 cm³/mol. The molecule has 3 atom stereocenters. The SMILES string of the molecule is Cc1cccc(NC(=O)c2cccc(N3C(=O)[C@H]4CC[C@H](C)C[C@@H]4C3=O)c2)c1C. The van der Waals surface area contributed by atoms with Crippen molar-refractivity contribution in [1.29, 1.82) is 0 Å². The summed E-state index contributed by atoms with van der Waals surface area (Å²) in [7, 11) is 0. The number of aryl methyl sites for hydroxylation is 1. The van der Waals surface area contributed by atoms with E-state index in [0.717, 1.165) is 36.1 Å². The molecule has 2 fully saturated rings. The highest BCUT2D eigenvalue weighted by Gasteiger charge is 2.50. The number of nitrogens with zero attached hydrogens (tertiary/aromatic N) is 1. The summed E-state index contributed by atoms with van der Waals surface area (Å²) < 4.78 is 0. The van der Waals surface area contributed by atoms with Crippen LogP contribution in [0.4, 0.5) is 11.4 Å². The molecule has 150 valence electrons.